The third kappa shape index (κ3) is 2.55. The first-order valence-corrected chi connectivity index (χ1v) is 12.0. The molecule has 0 bridgehead atoms. The first-order chi connectivity index (χ1) is 13.7. The molecule has 1 heterocycles. The fraction of sp³-hybridized carbons (Fsp3) is 0.0909. The molecule has 0 unspecified atom stereocenters. The first kappa shape index (κ1) is 18.3. The molecule has 0 saturated heterocycles. The van der Waals surface area contributed by atoms with Gasteiger partial charge in [-0.2, -0.15) is 0 Å². The van der Waals surface area contributed by atoms with Crippen molar-refractivity contribution in [2.45, 2.75) is 23.6 Å². The van der Waals surface area contributed by atoms with Crippen LogP contribution in [-0.4, -0.2) is 16.8 Å². The van der Waals surface area contributed by atoms with Crippen molar-refractivity contribution in [3.8, 4) is 11.1 Å². The highest BCUT2D eigenvalue weighted by Crippen LogP contribution is 2.46. The monoisotopic (exact) mass is 423 g/mol. The Morgan fingerprint density at radius 3 is 1.41 bits per heavy atom. The maximum Gasteiger partial charge on any atom is 0.254 e. The van der Waals surface area contributed by atoms with Gasteiger partial charge in [-0.25, -0.2) is 16.8 Å². The number of aryl methyl sites for hydroxylation is 2. The summed E-state index contributed by atoms with van der Waals surface area (Å²) < 4.78 is 54.8. The van der Waals surface area contributed by atoms with Gasteiger partial charge in [-0.15, -0.1) is 4.13 Å². The van der Waals surface area contributed by atoms with Gasteiger partial charge in [-0.3, -0.25) is 0 Å². The second-order valence-electron chi connectivity index (χ2n) is 7.33. The molecule has 29 heavy (non-hydrogen) atoms. The molecule has 5 nitrogen and oxygen atoms in total. The minimum atomic E-state index is -4.30. The highest BCUT2D eigenvalue weighted by Gasteiger charge is 2.38. The molecule has 1 aliphatic heterocycles. The molecular formula is C22H17NO4S2. The van der Waals surface area contributed by atoms with Crippen molar-refractivity contribution in [1.29, 1.82) is 0 Å². The Kier molecular flexibility index (Phi) is 3.71. The quantitative estimate of drug-likeness (QED) is 0.458. The van der Waals surface area contributed by atoms with Crippen molar-refractivity contribution in [3.63, 3.8) is 0 Å². The van der Waals surface area contributed by atoms with Crippen LogP contribution in [0.3, 0.4) is 0 Å². The second kappa shape index (κ2) is 5.89. The molecule has 1 N–H and O–H groups in total. The number of benzene rings is 4. The van der Waals surface area contributed by atoms with Gasteiger partial charge < -0.3 is 0 Å². The molecule has 0 saturated carbocycles. The summed E-state index contributed by atoms with van der Waals surface area (Å²) in [6.45, 7) is 3.39. The molecule has 146 valence electrons. The van der Waals surface area contributed by atoms with E-state index in [1.165, 1.54) is 0 Å². The molecule has 0 atom stereocenters. The summed E-state index contributed by atoms with van der Waals surface area (Å²) in [5.41, 5.74) is 1.87. The summed E-state index contributed by atoms with van der Waals surface area (Å²) in [4.78, 5) is 0.0172. The summed E-state index contributed by atoms with van der Waals surface area (Å²) in [6.07, 6.45) is 0. The van der Waals surface area contributed by atoms with Crippen molar-refractivity contribution in [3.05, 3.63) is 71.8 Å². The van der Waals surface area contributed by atoms with Gasteiger partial charge in [0.05, 0.1) is 9.79 Å². The van der Waals surface area contributed by atoms with Crippen molar-refractivity contribution in [2.24, 2.45) is 0 Å². The molecular weight excluding hydrogens is 406 g/mol. The molecule has 5 rings (SSSR count). The van der Waals surface area contributed by atoms with Crippen LogP contribution in [0, 0.1) is 13.8 Å². The van der Waals surface area contributed by atoms with Crippen LogP contribution in [0.25, 0.3) is 32.7 Å². The number of rotatable bonds is 0. The molecule has 4 aromatic carbocycles. The topological polar surface area (TPSA) is 80.3 Å². The van der Waals surface area contributed by atoms with E-state index in [-0.39, 0.29) is 9.79 Å². The van der Waals surface area contributed by atoms with Crippen LogP contribution in [0.2, 0.25) is 0 Å². The van der Waals surface area contributed by atoms with Crippen molar-refractivity contribution in [2.75, 3.05) is 0 Å². The lowest BCUT2D eigenvalue weighted by Gasteiger charge is -2.17. The average molecular weight is 424 g/mol. The van der Waals surface area contributed by atoms with E-state index in [0.29, 0.717) is 33.0 Å². The van der Waals surface area contributed by atoms with E-state index in [2.05, 4.69) is 0 Å². The molecule has 7 heteroatoms. The van der Waals surface area contributed by atoms with E-state index in [4.69, 9.17) is 0 Å². The predicted molar refractivity (Wildman–Crippen MR) is 114 cm³/mol. The van der Waals surface area contributed by atoms with Crippen molar-refractivity contribution in [1.82, 2.24) is 4.13 Å². The van der Waals surface area contributed by atoms with E-state index in [9.17, 15) is 16.8 Å². The first-order valence-electron chi connectivity index (χ1n) is 9.04. The Balaban J connectivity index is 2.20. The molecule has 0 aliphatic carbocycles. The summed E-state index contributed by atoms with van der Waals surface area (Å²) >= 11 is 0. The Morgan fingerprint density at radius 2 is 1.00 bits per heavy atom. The van der Waals surface area contributed by atoms with Crippen LogP contribution in [0.5, 0.6) is 0 Å². The molecule has 1 aliphatic rings. The summed E-state index contributed by atoms with van der Waals surface area (Å²) in [6, 6.07) is 18.5. The zero-order valence-corrected chi connectivity index (χ0v) is 17.4. The van der Waals surface area contributed by atoms with Gasteiger partial charge in [0.15, 0.2) is 0 Å². The number of hydrogen-bond acceptors (Lipinski definition) is 4. The fourth-order valence-electron chi connectivity index (χ4n) is 4.35. The van der Waals surface area contributed by atoms with Crippen LogP contribution < -0.4 is 4.13 Å². The largest absolute Gasteiger partial charge is 0.254 e. The van der Waals surface area contributed by atoms with E-state index < -0.39 is 20.0 Å². The van der Waals surface area contributed by atoms with Crippen molar-refractivity contribution >= 4 is 41.6 Å². The SMILES string of the molecule is Cc1cc2ccccc2c2c1S(=O)(=O)NS(=O)(=O)c1c(C)cc3ccccc3c1-2. The van der Waals surface area contributed by atoms with Gasteiger partial charge in [-0.1, -0.05) is 60.7 Å². The van der Waals surface area contributed by atoms with Gasteiger partial charge in [0, 0.05) is 11.1 Å². The van der Waals surface area contributed by atoms with E-state index >= 15 is 0 Å². The normalized spacial score (nSPS) is 16.9. The Morgan fingerprint density at radius 1 is 0.621 bits per heavy atom. The Hall–Kier alpha value is -2.74. The lowest BCUT2D eigenvalue weighted by Crippen LogP contribution is -2.30. The molecule has 0 spiro atoms. The number of hydrogen-bond donors (Lipinski definition) is 1. The Labute approximate surface area is 169 Å². The maximum absolute atomic E-state index is 13.2. The maximum atomic E-state index is 13.2. The highest BCUT2D eigenvalue weighted by molar-refractivity contribution is 8.05. The molecule has 0 amide bonds. The lowest BCUT2D eigenvalue weighted by atomic mass is 9.91. The van der Waals surface area contributed by atoms with Gasteiger partial charge in [-0.05, 0) is 46.5 Å². The highest BCUT2D eigenvalue weighted by atomic mass is 32.3. The molecule has 4 aromatic rings. The van der Waals surface area contributed by atoms with Crippen LogP contribution in [0.4, 0.5) is 0 Å². The van der Waals surface area contributed by atoms with E-state index in [0.717, 1.165) is 10.8 Å². The van der Waals surface area contributed by atoms with Gasteiger partial charge in [0.25, 0.3) is 20.0 Å². The molecule has 0 aromatic heterocycles. The minimum Gasteiger partial charge on any atom is -0.206 e. The summed E-state index contributed by atoms with van der Waals surface area (Å²) in [7, 11) is -8.60. The summed E-state index contributed by atoms with van der Waals surface area (Å²) in [5.74, 6) is 0. The van der Waals surface area contributed by atoms with Crippen LogP contribution in [-0.2, 0) is 20.0 Å². The van der Waals surface area contributed by atoms with E-state index in [1.807, 2.05) is 52.7 Å². The lowest BCUT2D eigenvalue weighted by molar-refractivity contribution is 0.578. The zero-order valence-electron chi connectivity index (χ0n) is 15.7. The van der Waals surface area contributed by atoms with E-state index in [1.54, 1.807) is 26.0 Å². The van der Waals surface area contributed by atoms with Crippen LogP contribution in [0.15, 0.2) is 70.5 Å². The third-order valence-corrected chi connectivity index (χ3v) is 9.26. The standard InChI is InChI=1S/C22H17NO4S2/c1-13-11-15-7-3-5-9-17(15)19-20-18-10-6-4-8-16(18)12-14(2)22(20)29(26,27)23-28(24,25)21(13)19/h3-12,23H,1-2H3. The Bertz CT molecular complexity index is 1450. The van der Waals surface area contributed by atoms with Crippen LogP contribution >= 0.6 is 0 Å². The number of sulfonamides is 2. The zero-order chi connectivity index (χ0) is 20.6. The predicted octanol–water partition coefficient (Wildman–Crippen LogP) is 4.26. The fourth-order valence-corrected chi connectivity index (χ4v) is 8.10. The average Bonchev–Trinajstić information content (AvgIpc) is 2.72. The van der Waals surface area contributed by atoms with Crippen LogP contribution in [0.1, 0.15) is 11.1 Å². The minimum absolute atomic E-state index is 0.00859. The molecule has 0 radical (unpaired) electrons. The smallest absolute Gasteiger partial charge is 0.206 e. The van der Waals surface area contributed by atoms with Gasteiger partial charge >= 0.3 is 0 Å². The van der Waals surface area contributed by atoms with Gasteiger partial charge in [0.2, 0.25) is 0 Å². The molecule has 0 fully saturated rings. The second-order valence-corrected chi connectivity index (χ2v) is 10.8. The summed E-state index contributed by atoms with van der Waals surface area (Å²) in [5, 5.41) is 3.12. The van der Waals surface area contributed by atoms with Crippen molar-refractivity contribution < 1.29 is 16.8 Å². The number of nitrogens with one attached hydrogen (secondary N) is 1. The third-order valence-electron chi connectivity index (χ3n) is 5.38. The number of fused-ring (bicyclic) bond motifs is 7. The van der Waals surface area contributed by atoms with Gasteiger partial charge in [0.1, 0.15) is 0 Å².